The van der Waals surface area contributed by atoms with Gasteiger partial charge in [0.25, 0.3) is 5.91 Å². The van der Waals surface area contributed by atoms with E-state index in [0.717, 1.165) is 18.2 Å². The van der Waals surface area contributed by atoms with Crippen LogP contribution in [0.25, 0.3) is 0 Å². The molecule has 0 atom stereocenters. The van der Waals surface area contributed by atoms with Gasteiger partial charge in [-0.25, -0.2) is 4.39 Å². The lowest BCUT2D eigenvalue weighted by Gasteiger charge is -2.15. The molecule has 3 nitrogen and oxygen atoms in total. The zero-order chi connectivity index (χ0) is 22.6. The van der Waals surface area contributed by atoms with Crippen LogP contribution in [-0.2, 0) is 23.8 Å². The highest BCUT2D eigenvalue weighted by Crippen LogP contribution is 2.36. The number of alkyl halides is 3. The molecule has 1 amide bonds. The van der Waals surface area contributed by atoms with Gasteiger partial charge in [0.15, 0.2) is 0 Å². The molecule has 3 aromatic rings. The van der Waals surface area contributed by atoms with E-state index in [9.17, 15) is 27.2 Å². The normalized spacial score (nSPS) is 11.3. The fourth-order valence-corrected chi connectivity index (χ4v) is 3.26. The lowest BCUT2D eigenvalue weighted by molar-refractivity contribution is -0.137. The van der Waals surface area contributed by atoms with E-state index in [2.05, 4.69) is 5.32 Å². The van der Waals surface area contributed by atoms with Crippen molar-refractivity contribution in [1.82, 2.24) is 0 Å². The van der Waals surface area contributed by atoms with Crippen LogP contribution in [0.15, 0.2) is 66.7 Å². The number of carbonyl (C=O) groups is 2. The molecule has 0 aliphatic heterocycles. The topological polar surface area (TPSA) is 46.2 Å². The van der Waals surface area contributed by atoms with Gasteiger partial charge in [0.2, 0.25) is 0 Å². The number of carbonyl (C=O) groups excluding carboxylic acids is 2. The molecule has 0 saturated carbocycles. The first-order chi connectivity index (χ1) is 14.6. The van der Waals surface area contributed by atoms with Crippen molar-refractivity contribution in [2.24, 2.45) is 0 Å². The third kappa shape index (κ3) is 5.92. The molecule has 160 valence electrons. The van der Waals surface area contributed by atoms with Crippen molar-refractivity contribution in [1.29, 1.82) is 0 Å². The van der Waals surface area contributed by atoms with Crippen molar-refractivity contribution < 1.29 is 27.2 Å². The number of hydrogen-bond donors (Lipinski definition) is 1. The largest absolute Gasteiger partial charge is 0.418 e. The van der Waals surface area contributed by atoms with Crippen molar-refractivity contribution in [3.63, 3.8) is 0 Å². The first kappa shape index (κ1) is 22.5. The zero-order valence-electron chi connectivity index (χ0n) is 16.0. The second kappa shape index (κ2) is 9.31. The van der Waals surface area contributed by atoms with E-state index in [1.807, 2.05) is 0 Å². The van der Waals surface area contributed by atoms with E-state index >= 15 is 0 Å². The summed E-state index contributed by atoms with van der Waals surface area (Å²) in [7, 11) is 0. The standard InChI is InChI=1S/C23H16ClF4NO2/c24-16-5-3-4-14(10-16)11-17(30)12-15-8-9-21(19(13-15)23(26,27)28)29-22(31)18-6-1-2-7-20(18)25/h1-10,13H,11-12H2,(H,29,31). The Balaban J connectivity index is 1.81. The maximum Gasteiger partial charge on any atom is 0.418 e. The molecule has 0 unspecified atom stereocenters. The molecule has 0 aliphatic carbocycles. The van der Waals surface area contributed by atoms with Gasteiger partial charge in [-0.05, 0) is 47.5 Å². The summed E-state index contributed by atoms with van der Waals surface area (Å²) < 4.78 is 54.5. The van der Waals surface area contributed by atoms with E-state index < -0.39 is 29.2 Å². The molecule has 8 heteroatoms. The average molecular weight is 450 g/mol. The minimum atomic E-state index is -4.79. The summed E-state index contributed by atoms with van der Waals surface area (Å²) in [5, 5.41) is 2.56. The predicted octanol–water partition coefficient (Wildman–Crippen LogP) is 6.10. The van der Waals surface area contributed by atoms with Crippen LogP contribution in [0.1, 0.15) is 27.0 Å². The lowest BCUT2D eigenvalue weighted by atomic mass is 10.00. The SMILES string of the molecule is O=C(Cc1cccc(Cl)c1)Cc1ccc(NC(=O)c2ccccc2F)c(C(F)(F)F)c1. The molecule has 0 radical (unpaired) electrons. The number of hydrogen-bond acceptors (Lipinski definition) is 2. The minimum Gasteiger partial charge on any atom is -0.321 e. The Labute approximate surface area is 180 Å². The first-order valence-electron chi connectivity index (χ1n) is 9.15. The highest BCUT2D eigenvalue weighted by Gasteiger charge is 2.34. The highest BCUT2D eigenvalue weighted by molar-refractivity contribution is 6.30. The van der Waals surface area contributed by atoms with Crippen LogP contribution < -0.4 is 5.32 Å². The molecule has 3 aromatic carbocycles. The van der Waals surface area contributed by atoms with E-state index in [1.165, 1.54) is 24.3 Å². The monoisotopic (exact) mass is 449 g/mol. The summed E-state index contributed by atoms with van der Waals surface area (Å²) in [4.78, 5) is 24.5. The van der Waals surface area contributed by atoms with Gasteiger partial charge in [-0.3, -0.25) is 9.59 Å². The number of benzene rings is 3. The Kier molecular flexibility index (Phi) is 6.75. The Hall–Kier alpha value is -3.19. The Morgan fingerprint density at radius 3 is 2.19 bits per heavy atom. The molecule has 0 aliphatic rings. The third-order valence-electron chi connectivity index (χ3n) is 4.45. The van der Waals surface area contributed by atoms with Gasteiger partial charge in [-0.2, -0.15) is 13.2 Å². The summed E-state index contributed by atoms with van der Waals surface area (Å²) >= 11 is 5.88. The van der Waals surface area contributed by atoms with Gasteiger partial charge in [-0.15, -0.1) is 0 Å². The lowest BCUT2D eigenvalue weighted by Crippen LogP contribution is -2.18. The summed E-state index contributed by atoms with van der Waals surface area (Å²) in [5.41, 5.74) is -1.22. The van der Waals surface area contributed by atoms with Crippen molar-refractivity contribution in [2.45, 2.75) is 19.0 Å². The number of Topliss-reactive ketones (excluding diaryl/α,β-unsaturated/α-hetero) is 1. The predicted molar refractivity (Wildman–Crippen MR) is 110 cm³/mol. The summed E-state index contributed by atoms with van der Waals surface area (Å²) in [5.74, 6) is -2.15. The Bertz CT molecular complexity index is 1130. The Morgan fingerprint density at radius 2 is 1.55 bits per heavy atom. The van der Waals surface area contributed by atoms with Crippen LogP contribution in [0, 0.1) is 5.82 Å². The summed E-state index contributed by atoms with van der Waals surface area (Å²) in [6.07, 6.45) is -4.99. The number of halogens is 5. The van der Waals surface area contributed by atoms with Gasteiger partial charge >= 0.3 is 6.18 Å². The van der Waals surface area contributed by atoms with Crippen molar-refractivity contribution >= 4 is 29.0 Å². The zero-order valence-corrected chi connectivity index (χ0v) is 16.7. The van der Waals surface area contributed by atoms with Gasteiger partial charge in [0, 0.05) is 17.9 Å². The van der Waals surface area contributed by atoms with Gasteiger partial charge < -0.3 is 5.32 Å². The average Bonchev–Trinajstić information content (AvgIpc) is 2.68. The van der Waals surface area contributed by atoms with Crippen LogP contribution in [0.4, 0.5) is 23.2 Å². The quantitative estimate of drug-likeness (QED) is 0.462. The van der Waals surface area contributed by atoms with Crippen molar-refractivity contribution in [2.75, 3.05) is 5.32 Å². The molecule has 31 heavy (non-hydrogen) atoms. The van der Waals surface area contributed by atoms with Crippen LogP contribution in [0.5, 0.6) is 0 Å². The molecule has 0 saturated heterocycles. The smallest absolute Gasteiger partial charge is 0.321 e. The number of amides is 1. The molecular formula is C23H16ClF4NO2. The Morgan fingerprint density at radius 1 is 0.871 bits per heavy atom. The fraction of sp³-hybridized carbons (Fsp3) is 0.130. The van der Waals surface area contributed by atoms with Crippen LogP contribution in [0.2, 0.25) is 5.02 Å². The molecule has 0 bridgehead atoms. The third-order valence-corrected chi connectivity index (χ3v) is 4.68. The van der Waals surface area contributed by atoms with Crippen LogP contribution >= 0.6 is 11.6 Å². The number of rotatable bonds is 6. The first-order valence-corrected chi connectivity index (χ1v) is 9.53. The molecule has 0 fully saturated rings. The molecular weight excluding hydrogens is 434 g/mol. The molecule has 1 N–H and O–H groups in total. The fourth-order valence-electron chi connectivity index (χ4n) is 3.04. The van der Waals surface area contributed by atoms with Crippen LogP contribution in [-0.4, -0.2) is 11.7 Å². The highest BCUT2D eigenvalue weighted by atomic mass is 35.5. The summed E-state index contributed by atoms with van der Waals surface area (Å²) in [6, 6.07) is 14.8. The molecule has 0 heterocycles. The van der Waals surface area contributed by atoms with Crippen LogP contribution in [0.3, 0.4) is 0 Å². The molecule has 0 aromatic heterocycles. The summed E-state index contributed by atoms with van der Waals surface area (Å²) in [6.45, 7) is 0. The van der Waals surface area contributed by atoms with Crippen molar-refractivity contribution in [3.8, 4) is 0 Å². The number of nitrogens with one attached hydrogen (secondary N) is 1. The molecule has 0 spiro atoms. The van der Waals surface area contributed by atoms with Crippen molar-refractivity contribution in [3.05, 3.63) is 99.8 Å². The van der Waals surface area contributed by atoms with E-state index in [1.54, 1.807) is 24.3 Å². The maximum absolute atomic E-state index is 13.8. The maximum atomic E-state index is 13.8. The van der Waals surface area contributed by atoms with Gasteiger partial charge in [0.1, 0.15) is 11.6 Å². The van der Waals surface area contributed by atoms with Gasteiger partial charge in [0.05, 0.1) is 16.8 Å². The van der Waals surface area contributed by atoms with E-state index in [-0.39, 0.29) is 29.8 Å². The van der Waals surface area contributed by atoms with E-state index in [0.29, 0.717) is 10.6 Å². The number of ketones is 1. The van der Waals surface area contributed by atoms with E-state index in [4.69, 9.17) is 11.6 Å². The minimum absolute atomic E-state index is 0.0215. The molecule has 3 rings (SSSR count). The van der Waals surface area contributed by atoms with Gasteiger partial charge in [-0.1, -0.05) is 41.9 Å². The second-order valence-electron chi connectivity index (χ2n) is 6.83. The second-order valence-corrected chi connectivity index (χ2v) is 7.27. The number of anilines is 1.